The zero-order valence-electron chi connectivity index (χ0n) is 19.8. The smallest absolute Gasteiger partial charge is 0.327 e. The summed E-state index contributed by atoms with van der Waals surface area (Å²) in [6, 6.07) is 7.85. The van der Waals surface area contributed by atoms with Crippen LogP contribution in [-0.2, 0) is 12.0 Å². The van der Waals surface area contributed by atoms with Crippen molar-refractivity contribution in [3.05, 3.63) is 68.8 Å². The Morgan fingerprint density at radius 3 is 2.83 bits per heavy atom. The summed E-state index contributed by atoms with van der Waals surface area (Å²) < 4.78 is 1.82. The number of thiophene rings is 1. The summed E-state index contributed by atoms with van der Waals surface area (Å²) in [5, 5.41) is 2.10. The van der Waals surface area contributed by atoms with Crippen LogP contribution >= 0.6 is 11.3 Å². The Morgan fingerprint density at radius 1 is 1.17 bits per heavy atom. The lowest BCUT2D eigenvalue weighted by atomic mass is 9.82. The first kappa shape index (κ1) is 22.0. The third-order valence-electron chi connectivity index (χ3n) is 7.20. The lowest BCUT2D eigenvalue weighted by molar-refractivity contribution is 0.0683. The van der Waals surface area contributed by atoms with Gasteiger partial charge in [-0.15, -0.1) is 11.3 Å². The van der Waals surface area contributed by atoms with Gasteiger partial charge in [-0.2, -0.15) is 0 Å². The number of rotatable bonds is 3. The number of imidazole rings is 1. The lowest BCUT2D eigenvalue weighted by Gasteiger charge is -2.38. The van der Waals surface area contributed by atoms with Gasteiger partial charge in [0.15, 0.2) is 5.65 Å². The predicted octanol–water partition coefficient (Wildman–Crippen LogP) is 3.35. The van der Waals surface area contributed by atoms with E-state index < -0.39 is 0 Å². The van der Waals surface area contributed by atoms with Crippen LogP contribution in [0.1, 0.15) is 53.7 Å². The highest BCUT2D eigenvalue weighted by Crippen LogP contribution is 2.37. The molecule has 1 fully saturated rings. The van der Waals surface area contributed by atoms with E-state index in [1.54, 1.807) is 23.6 Å². The summed E-state index contributed by atoms with van der Waals surface area (Å²) in [5.41, 5.74) is 3.01. The first-order valence-corrected chi connectivity index (χ1v) is 12.8. The summed E-state index contributed by atoms with van der Waals surface area (Å²) in [7, 11) is 0. The minimum absolute atomic E-state index is 0.0616. The van der Waals surface area contributed by atoms with Crippen molar-refractivity contribution in [2.45, 2.75) is 44.7 Å². The Morgan fingerprint density at radius 2 is 2.00 bits per heavy atom. The molecule has 35 heavy (non-hydrogen) atoms. The SMILES string of the molecule is CC1(C)CN(C(=O)c2cc(N3CCC(n4c(=O)[nH]c5ncccc54)CC3)ncn2)Cc2sccc21. The van der Waals surface area contributed by atoms with E-state index in [2.05, 4.69) is 50.1 Å². The zero-order chi connectivity index (χ0) is 24.2. The number of aromatic amines is 1. The molecule has 2 aliphatic rings. The second kappa shape index (κ2) is 8.30. The molecule has 4 aromatic heterocycles. The molecule has 1 saturated heterocycles. The Labute approximate surface area is 206 Å². The highest BCUT2D eigenvalue weighted by molar-refractivity contribution is 7.10. The van der Waals surface area contributed by atoms with Crippen molar-refractivity contribution >= 4 is 34.2 Å². The van der Waals surface area contributed by atoms with Gasteiger partial charge in [-0.25, -0.2) is 19.7 Å². The quantitative estimate of drug-likeness (QED) is 0.474. The van der Waals surface area contributed by atoms with Crippen LogP contribution in [0.15, 0.2) is 47.0 Å². The van der Waals surface area contributed by atoms with Gasteiger partial charge in [0.1, 0.15) is 17.8 Å². The van der Waals surface area contributed by atoms with Crippen molar-refractivity contribution < 1.29 is 4.79 Å². The zero-order valence-corrected chi connectivity index (χ0v) is 20.6. The first-order valence-electron chi connectivity index (χ1n) is 11.9. The summed E-state index contributed by atoms with van der Waals surface area (Å²) >= 11 is 1.71. The summed E-state index contributed by atoms with van der Waals surface area (Å²) in [6.07, 6.45) is 4.77. The second-order valence-electron chi connectivity index (χ2n) is 9.95. The van der Waals surface area contributed by atoms with Crippen LogP contribution in [-0.4, -0.2) is 54.9 Å². The molecule has 0 radical (unpaired) electrons. The van der Waals surface area contributed by atoms with Crippen molar-refractivity contribution in [3.63, 3.8) is 0 Å². The molecule has 6 rings (SSSR count). The van der Waals surface area contributed by atoms with E-state index in [4.69, 9.17) is 0 Å². The van der Waals surface area contributed by atoms with Crippen molar-refractivity contribution in [1.82, 2.24) is 29.4 Å². The van der Waals surface area contributed by atoms with Gasteiger partial charge in [0.25, 0.3) is 5.91 Å². The van der Waals surface area contributed by atoms with E-state index in [0.29, 0.717) is 24.4 Å². The average molecular weight is 490 g/mol. The topological polar surface area (TPSA) is 100 Å². The fourth-order valence-electron chi connectivity index (χ4n) is 5.47. The minimum atomic E-state index is -0.120. The van der Waals surface area contributed by atoms with E-state index in [1.165, 1.54) is 16.8 Å². The molecule has 10 heteroatoms. The molecule has 0 aliphatic carbocycles. The number of carbonyl (C=O) groups is 1. The number of nitrogens with one attached hydrogen (secondary N) is 1. The number of nitrogens with zero attached hydrogens (tertiary/aromatic N) is 6. The number of piperidine rings is 1. The third kappa shape index (κ3) is 3.81. The van der Waals surface area contributed by atoms with Crippen LogP contribution in [0.4, 0.5) is 5.82 Å². The number of hydrogen-bond donors (Lipinski definition) is 1. The molecule has 4 aromatic rings. The molecule has 1 N–H and O–H groups in total. The molecule has 9 nitrogen and oxygen atoms in total. The van der Waals surface area contributed by atoms with Crippen LogP contribution < -0.4 is 10.6 Å². The van der Waals surface area contributed by atoms with Gasteiger partial charge in [0, 0.05) is 48.2 Å². The fraction of sp³-hybridized carbons (Fsp3) is 0.400. The molecule has 180 valence electrons. The number of aromatic nitrogens is 5. The van der Waals surface area contributed by atoms with Gasteiger partial charge in [-0.1, -0.05) is 13.8 Å². The highest BCUT2D eigenvalue weighted by atomic mass is 32.1. The number of pyridine rings is 1. The Bertz CT molecular complexity index is 1460. The Hall–Kier alpha value is -3.53. The van der Waals surface area contributed by atoms with Crippen LogP contribution in [0.3, 0.4) is 0 Å². The van der Waals surface area contributed by atoms with Gasteiger partial charge in [-0.3, -0.25) is 14.3 Å². The van der Waals surface area contributed by atoms with E-state index >= 15 is 0 Å². The molecule has 1 amide bonds. The van der Waals surface area contributed by atoms with E-state index in [9.17, 15) is 9.59 Å². The van der Waals surface area contributed by atoms with Crippen molar-refractivity contribution in [1.29, 1.82) is 0 Å². The maximum Gasteiger partial charge on any atom is 0.327 e. The summed E-state index contributed by atoms with van der Waals surface area (Å²) in [5.74, 6) is 0.691. The molecule has 0 bridgehead atoms. The molecule has 6 heterocycles. The Balaban J connectivity index is 1.18. The van der Waals surface area contributed by atoms with Crippen LogP contribution in [0.25, 0.3) is 11.2 Å². The van der Waals surface area contributed by atoms with Crippen LogP contribution in [0.2, 0.25) is 0 Å². The predicted molar refractivity (Wildman–Crippen MR) is 135 cm³/mol. The summed E-state index contributed by atoms with van der Waals surface area (Å²) in [6.45, 7) is 7.13. The van der Waals surface area contributed by atoms with Gasteiger partial charge in [0.05, 0.1) is 12.1 Å². The molecule has 0 atom stereocenters. The number of amides is 1. The van der Waals surface area contributed by atoms with Gasteiger partial charge in [0.2, 0.25) is 0 Å². The molecule has 0 unspecified atom stereocenters. The first-order chi connectivity index (χ1) is 16.9. The van der Waals surface area contributed by atoms with Crippen LogP contribution in [0, 0.1) is 0 Å². The van der Waals surface area contributed by atoms with Crippen molar-refractivity contribution in [3.8, 4) is 0 Å². The molecule has 0 spiro atoms. The average Bonchev–Trinajstić information content (AvgIpc) is 3.48. The molecule has 2 aliphatic heterocycles. The van der Waals surface area contributed by atoms with Gasteiger partial charge < -0.3 is 9.80 Å². The molecular formula is C25H27N7O2S. The normalized spacial score (nSPS) is 18.1. The number of carbonyl (C=O) groups excluding carboxylic acids is 1. The lowest BCUT2D eigenvalue weighted by Crippen LogP contribution is -2.44. The Kier molecular flexibility index (Phi) is 5.21. The molecule has 0 saturated carbocycles. The van der Waals surface area contributed by atoms with E-state index in [0.717, 1.165) is 37.3 Å². The standard InChI is InChI=1S/C25H27N7O2S/c1-25(2)14-31(13-20-17(25)7-11-35-20)23(33)18-12-21(28-15-27-18)30-9-5-16(6-10-30)32-19-4-3-8-26-22(19)29-24(32)34/h3-4,7-8,11-12,15-16H,5-6,9-10,13-14H2,1-2H3,(H,26,29,34). The van der Waals surface area contributed by atoms with Crippen molar-refractivity contribution in [2.24, 2.45) is 0 Å². The number of anilines is 1. The third-order valence-corrected chi connectivity index (χ3v) is 8.10. The van der Waals surface area contributed by atoms with E-state index in [1.807, 2.05) is 21.6 Å². The maximum absolute atomic E-state index is 13.4. The van der Waals surface area contributed by atoms with Crippen molar-refractivity contribution in [2.75, 3.05) is 24.5 Å². The maximum atomic E-state index is 13.4. The minimum Gasteiger partial charge on any atom is -0.356 e. The number of H-pyrrole nitrogens is 1. The van der Waals surface area contributed by atoms with E-state index in [-0.39, 0.29) is 23.1 Å². The second-order valence-corrected chi connectivity index (χ2v) is 11.0. The molecular weight excluding hydrogens is 462 g/mol. The highest BCUT2D eigenvalue weighted by Gasteiger charge is 2.35. The van der Waals surface area contributed by atoms with Gasteiger partial charge in [-0.05, 0) is 42.0 Å². The number of hydrogen-bond acceptors (Lipinski definition) is 7. The fourth-order valence-corrected chi connectivity index (χ4v) is 6.54. The molecule has 0 aromatic carbocycles. The van der Waals surface area contributed by atoms with Crippen LogP contribution in [0.5, 0.6) is 0 Å². The monoisotopic (exact) mass is 489 g/mol. The largest absolute Gasteiger partial charge is 0.356 e. The van der Waals surface area contributed by atoms with Gasteiger partial charge >= 0.3 is 5.69 Å². The summed E-state index contributed by atoms with van der Waals surface area (Å²) in [4.78, 5) is 47.2. The number of fused-ring (bicyclic) bond motifs is 2.